The Kier molecular flexibility index (Phi) is 2.31. The van der Waals surface area contributed by atoms with Crippen molar-refractivity contribution in [1.82, 2.24) is 0 Å². The van der Waals surface area contributed by atoms with Crippen LogP contribution in [0.2, 0.25) is 0 Å². The first kappa shape index (κ1) is 8.30. The second-order valence-corrected chi connectivity index (χ2v) is 2.87. The maximum atomic E-state index is 8.68. The Hall–Kier alpha value is -0.800. The Bertz CT molecular complexity index is 204. The van der Waals surface area contributed by atoms with Crippen molar-refractivity contribution in [2.24, 2.45) is 5.73 Å². The van der Waals surface area contributed by atoms with E-state index in [9.17, 15) is 0 Å². The normalized spacial score (nSPS) is 16.3. The van der Waals surface area contributed by atoms with E-state index in [1.54, 1.807) is 12.3 Å². The van der Waals surface area contributed by atoms with Crippen LogP contribution < -0.4 is 5.73 Å². The van der Waals surface area contributed by atoms with Gasteiger partial charge in [-0.25, -0.2) is 0 Å². The van der Waals surface area contributed by atoms with Crippen molar-refractivity contribution in [1.29, 1.82) is 0 Å². The standard InChI is InChI=1S/C8H13NO2/c1-8(9,4-5-10)7-3-2-6-11-7/h2-3,6,10H,4-5,9H2,1H3/t8-/m1/s1. The Morgan fingerprint density at radius 2 is 2.45 bits per heavy atom. The van der Waals surface area contributed by atoms with E-state index < -0.39 is 5.54 Å². The molecule has 3 heteroatoms. The number of hydrogen-bond donors (Lipinski definition) is 2. The summed E-state index contributed by atoms with van der Waals surface area (Å²) in [5, 5.41) is 8.68. The van der Waals surface area contributed by atoms with Crippen LogP contribution in [-0.4, -0.2) is 11.7 Å². The van der Waals surface area contributed by atoms with E-state index in [1.165, 1.54) is 0 Å². The minimum absolute atomic E-state index is 0.0771. The first-order chi connectivity index (χ1) is 5.17. The molecule has 1 aromatic heterocycles. The van der Waals surface area contributed by atoms with E-state index in [0.29, 0.717) is 12.2 Å². The molecule has 0 fully saturated rings. The molecular weight excluding hydrogens is 142 g/mol. The van der Waals surface area contributed by atoms with Gasteiger partial charge in [-0.1, -0.05) is 0 Å². The Morgan fingerprint density at radius 1 is 1.73 bits per heavy atom. The molecule has 1 heterocycles. The van der Waals surface area contributed by atoms with Gasteiger partial charge < -0.3 is 15.3 Å². The monoisotopic (exact) mass is 155 g/mol. The Balaban J connectivity index is 2.73. The maximum Gasteiger partial charge on any atom is 0.123 e. The summed E-state index contributed by atoms with van der Waals surface area (Å²) in [5.41, 5.74) is 5.30. The predicted octanol–water partition coefficient (Wildman–Crippen LogP) is 0.836. The second kappa shape index (κ2) is 3.07. The van der Waals surface area contributed by atoms with Gasteiger partial charge >= 0.3 is 0 Å². The minimum atomic E-state index is -0.543. The molecule has 0 unspecified atom stereocenters. The molecule has 0 aliphatic heterocycles. The molecule has 3 nitrogen and oxygen atoms in total. The fourth-order valence-corrected chi connectivity index (χ4v) is 0.959. The Labute approximate surface area is 65.8 Å². The fourth-order valence-electron chi connectivity index (χ4n) is 0.959. The highest BCUT2D eigenvalue weighted by Crippen LogP contribution is 2.20. The summed E-state index contributed by atoms with van der Waals surface area (Å²) >= 11 is 0. The molecule has 11 heavy (non-hydrogen) atoms. The summed E-state index contributed by atoms with van der Waals surface area (Å²) in [6.07, 6.45) is 2.10. The van der Waals surface area contributed by atoms with Crippen molar-refractivity contribution in [3.63, 3.8) is 0 Å². The van der Waals surface area contributed by atoms with Gasteiger partial charge in [0, 0.05) is 6.61 Å². The third-order valence-electron chi connectivity index (χ3n) is 1.72. The van der Waals surface area contributed by atoms with Gasteiger partial charge in [0.15, 0.2) is 0 Å². The largest absolute Gasteiger partial charge is 0.467 e. The number of nitrogens with two attached hydrogens (primary N) is 1. The highest BCUT2D eigenvalue weighted by molar-refractivity contribution is 5.09. The van der Waals surface area contributed by atoms with Gasteiger partial charge in [-0.2, -0.15) is 0 Å². The first-order valence-electron chi connectivity index (χ1n) is 3.60. The number of hydrogen-bond acceptors (Lipinski definition) is 3. The summed E-state index contributed by atoms with van der Waals surface area (Å²) in [4.78, 5) is 0. The molecule has 0 aromatic carbocycles. The topological polar surface area (TPSA) is 59.4 Å². The number of rotatable bonds is 3. The van der Waals surface area contributed by atoms with Crippen molar-refractivity contribution in [3.05, 3.63) is 24.2 Å². The van der Waals surface area contributed by atoms with Crippen LogP contribution >= 0.6 is 0 Å². The van der Waals surface area contributed by atoms with Crippen LogP contribution in [0, 0.1) is 0 Å². The smallest absolute Gasteiger partial charge is 0.123 e. The molecule has 0 amide bonds. The van der Waals surface area contributed by atoms with Gasteiger partial charge in [0.1, 0.15) is 5.76 Å². The predicted molar refractivity (Wildman–Crippen MR) is 42.0 cm³/mol. The van der Waals surface area contributed by atoms with Gasteiger partial charge in [0.2, 0.25) is 0 Å². The van der Waals surface area contributed by atoms with Gasteiger partial charge in [-0.05, 0) is 25.5 Å². The summed E-state index contributed by atoms with van der Waals surface area (Å²) in [7, 11) is 0. The molecular formula is C8H13NO2. The lowest BCUT2D eigenvalue weighted by atomic mass is 9.97. The zero-order valence-electron chi connectivity index (χ0n) is 6.58. The van der Waals surface area contributed by atoms with Crippen LogP contribution in [0.1, 0.15) is 19.1 Å². The van der Waals surface area contributed by atoms with E-state index in [4.69, 9.17) is 15.3 Å². The number of aliphatic hydroxyl groups is 1. The molecule has 0 aliphatic rings. The lowest BCUT2D eigenvalue weighted by Gasteiger charge is -2.20. The summed E-state index contributed by atoms with van der Waals surface area (Å²) in [5.74, 6) is 0.714. The van der Waals surface area contributed by atoms with Crippen molar-refractivity contribution >= 4 is 0 Å². The van der Waals surface area contributed by atoms with Crippen LogP contribution in [0.4, 0.5) is 0 Å². The van der Waals surface area contributed by atoms with Crippen LogP contribution in [0.15, 0.2) is 22.8 Å². The molecule has 0 radical (unpaired) electrons. The summed E-state index contributed by atoms with van der Waals surface area (Å²) in [6, 6.07) is 3.60. The molecule has 3 N–H and O–H groups in total. The first-order valence-corrected chi connectivity index (χ1v) is 3.60. The van der Waals surface area contributed by atoms with Crippen molar-refractivity contribution in [3.8, 4) is 0 Å². The summed E-state index contributed by atoms with van der Waals surface area (Å²) in [6.45, 7) is 1.91. The van der Waals surface area contributed by atoms with E-state index in [-0.39, 0.29) is 6.61 Å². The average Bonchev–Trinajstić information content (AvgIpc) is 2.37. The fraction of sp³-hybridized carbons (Fsp3) is 0.500. The molecule has 0 saturated carbocycles. The highest BCUT2D eigenvalue weighted by Gasteiger charge is 2.22. The van der Waals surface area contributed by atoms with Crippen LogP contribution in [-0.2, 0) is 5.54 Å². The molecule has 0 saturated heterocycles. The van der Waals surface area contributed by atoms with Gasteiger partial charge in [-0.15, -0.1) is 0 Å². The number of furan rings is 1. The quantitative estimate of drug-likeness (QED) is 0.679. The second-order valence-electron chi connectivity index (χ2n) is 2.87. The van der Waals surface area contributed by atoms with Crippen molar-refractivity contribution in [2.75, 3.05) is 6.61 Å². The highest BCUT2D eigenvalue weighted by atomic mass is 16.3. The maximum absolute atomic E-state index is 8.68. The lowest BCUT2D eigenvalue weighted by molar-refractivity contribution is 0.230. The third kappa shape index (κ3) is 1.82. The molecule has 1 aromatic rings. The average molecular weight is 155 g/mol. The molecule has 0 bridgehead atoms. The van der Waals surface area contributed by atoms with Crippen LogP contribution in [0.3, 0.4) is 0 Å². The van der Waals surface area contributed by atoms with E-state index >= 15 is 0 Å². The van der Waals surface area contributed by atoms with E-state index in [0.717, 1.165) is 0 Å². The Morgan fingerprint density at radius 3 is 2.91 bits per heavy atom. The third-order valence-corrected chi connectivity index (χ3v) is 1.72. The van der Waals surface area contributed by atoms with E-state index in [1.807, 2.05) is 13.0 Å². The van der Waals surface area contributed by atoms with Crippen LogP contribution in [0.5, 0.6) is 0 Å². The zero-order chi connectivity index (χ0) is 8.32. The van der Waals surface area contributed by atoms with E-state index in [2.05, 4.69) is 0 Å². The lowest BCUT2D eigenvalue weighted by Crippen LogP contribution is -2.33. The van der Waals surface area contributed by atoms with Gasteiger partial charge in [-0.3, -0.25) is 0 Å². The molecule has 1 rings (SSSR count). The van der Waals surface area contributed by atoms with Gasteiger partial charge in [0.05, 0.1) is 11.8 Å². The minimum Gasteiger partial charge on any atom is -0.467 e. The molecule has 1 atom stereocenters. The van der Waals surface area contributed by atoms with Crippen molar-refractivity contribution < 1.29 is 9.52 Å². The van der Waals surface area contributed by atoms with Gasteiger partial charge in [0.25, 0.3) is 0 Å². The zero-order valence-corrected chi connectivity index (χ0v) is 6.58. The SMILES string of the molecule is C[C@@](N)(CCO)c1ccco1. The molecule has 0 spiro atoms. The summed E-state index contributed by atoms with van der Waals surface area (Å²) < 4.78 is 5.11. The number of aliphatic hydroxyl groups excluding tert-OH is 1. The molecule has 62 valence electrons. The van der Waals surface area contributed by atoms with Crippen molar-refractivity contribution in [2.45, 2.75) is 18.9 Å². The van der Waals surface area contributed by atoms with Crippen LogP contribution in [0.25, 0.3) is 0 Å². The molecule has 0 aliphatic carbocycles.